The molecule has 0 amide bonds. The molecule has 1 heterocycles. The van der Waals surface area contributed by atoms with Crippen LogP contribution in [0, 0.1) is 6.92 Å². The molecule has 0 bridgehead atoms. The van der Waals surface area contributed by atoms with Crippen LogP contribution in [-0.4, -0.2) is 19.1 Å². The molecule has 106 valence electrons. The molecule has 0 aliphatic heterocycles. The first-order valence-electron chi connectivity index (χ1n) is 6.49. The lowest BCUT2D eigenvalue weighted by atomic mass is 10.1. The van der Waals surface area contributed by atoms with E-state index >= 15 is 0 Å². The summed E-state index contributed by atoms with van der Waals surface area (Å²) in [4.78, 5) is 6.48. The van der Waals surface area contributed by atoms with Gasteiger partial charge in [0, 0.05) is 36.7 Å². The highest BCUT2D eigenvalue weighted by atomic mass is 35.5. The Labute approximate surface area is 125 Å². The monoisotopic (exact) mass is 290 g/mol. The fraction of sp³-hybridized carbons (Fsp3) is 0.312. The fourth-order valence-electron chi connectivity index (χ4n) is 2.12. The van der Waals surface area contributed by atoms with E-state index in [4.69, 9.17) is 16.3 Å². The van der Waals surface area contributed by atoms with Gasteiger partial charge in [-0.05, 0) is 30.7 Å². The van der Waals surface area contributed by atoms with Gasteiger partial charge >= 0.3 is 0 Å². The van der Waals surface area contributed by atoms with E-state index in [1.54, 1.807) is 7.11 Å². The molecule has 2 aromatic rings. The van der Waals surface area contributed by atoms with Crippen LogP contribution in [0.15, 0.2) is 36.5 Å². The van der Waals surface area contributed by atoms with Gasteiger partial charge in [0.2, 0.25) is 0 Å². The van der Waals surface area contributed by atoms with Crippen molar-refractivity contribution in [2.45, 2.75) is 19.3 Å². The quantitative estimate of drug-likeness (QED) is 0.784. The topological polar surface area (TPSA) is 25.4 Å². The number of aromatic nitrogens is 1. The predicted molar refractivity (Wildman–Crippen MR) is 83.6 cm³/mol. The van der Waals surface area contributed by atoms with Gasteiger partial charge in [-0.25, -0.2) is 0 Å². The Balaban J connectivity index is 2.18. The van der Waals surface area contributed by atoms with Crippen molar-refractivity contribution in [1.82, 2.24) is 4.98 Å². The highest BCUT2D eigenvalue weighted by Crippen LogP contribution is 2.23. The fourth-order valence-corrected chi connectivity index (χ4v) is 2.33. The van der Waals surface area contributed by atoms with E-state index in [2.05, 4.69) is 35.1 Å². The Morgan fingerprint density at radius 3 is 2.55 bits per heavy atom. The summed E-state index contributed by atoms with van der Waals surface area (Å²) < 4.78 is 5.17. The molecule has 0 fully saturated rings. The number of hydrogen-bond acceptors (Lipinski definition) is 3. The van der Waals surface area contributed by atoms with E-state index in [0.717, 1.165) is 29.2 Å². The predicted octanol–water partition coefficient (Wildman–Crippen LogP) is 3.77. The molecule has 0 radical (unpaired) electrons. The smallest absolute Gasteiger partial charge is 0.118 e. The lowest BCUT2D eigenvalue weighted by Gasteiger charge is -2.22. The zero-order valence-electron chi connectivity index (χ0n) is 12.1. The van der Waals surface area contributed by atoms with Crippen molar-refractivity contribution in [3.8, 4) is 5.75 Å². The van der Waals surface area contributed by atoms with Crippen LogP contribution in [0.25, 0.3) is 0 Å². The molecule has 0 spiro atoms. The Kier molecular flexibility index (Phi) is 4.85. The number of anilines is 1. The van der Waals surface area contributed by atoms with E-state index < -0.39 is 0 Å². The minimum absolute atomic E-state index is 0.468. The second-order valence-corrected chi connectivity index (χ2v) is 5.06. The maximum Gasteiger partial charge on any atom is 0.118 e. The molecule has 1 aromatic carbocycles. The summed E-state index contributed by atoms with van der Waals surface area (Å²) in [7, 11) is 3.74. The molecule has 2 rings (SSSR count). The number of ether oxygens (including phenoxy) is 1. The van der Waals surface area contributed by atoms with E-state index in [1.165, 1.54) is 5.56 Å². The van der Waals surface area contributed by atoms with Crippen molar-refractivity contribution in [3.05, 3.63) is 53.3 Å². The van der Waals surface area contributed by atoms with Gasteiger partial charge in [0.25, 0.3) is 0 Å². The molecule has 0 atom stereocenters. The van der Waals surface area contributed by atoms with Crippen molar-refractivity contribution >= 4 is 17.3 Å². The number of methoxy groups -OCH3 is 1. The van der Waals surface area contributed by atoms with E-state index in [0.29, 0.717) is 5.88 Å². The zero-order valence-corrected chi connectivity index (χ0v) is 12.8. The third kappa shape index (κ3) is 3.42. The van der Waals surface area contributed by atoms with E-state index in [9.17, 15) is 0 Å². The molecule has 0 saturated carbocycles. The van der Waals surface area contributed by atoms with Crippen LogP contribution in [0.1, 0.15) is 16.8 Å². The van der Waals surface area contributed by atoms with Crippen LogP contribution in [0.4, 0.5) is 5.69 Å². The van der Waals surface area contributed by atoms with Gasteiger partial charge < -0.3 is 9.64 Å². The molecule has 1 aromatic heterocycles. The molecule has 0 aliphatic carbocycles. The Hall–Kier alpha value is -1.74. The number of rotatable bonds is 5. The second kappa shape index (κ2) is 6.62. The molecule has 4 heteroatoms. The molecule has 3 nitrogen and oxygen atoms in total. The third-order valence-electron chi connectivity index (χ3n) is 3.23. The molecular formula is C16H19ClN2O. The van der Waals surface area contributed by atoms with Crippen LogP contribution in [-0.2, 0) is 12.4 Å². The second-order valence-electron chi connectivity index (χ2n) is 4.79. The summed E-state index contributed by atoms with van der Waals surface area (Å²) in [6.07, 6.45) is 1.85. The van der Waals surface area contributed by atoms with Crippen LogP contribution in [0.2, 0.25) is 0 Å². The van der Waals surface area contributed by atoms with Crippen LogP contribution in [0.5, 0.6) is 5.75 Å². The average molecular weight is 291 g/mol. The standard InChI is InChI=1S/C16H19ClN2O/c1-12-8-16(14(9-17)10-18-12)19(2)11-13-4-6-15(20-3)7-5-13/h4-8,10H,9,11H2,1-3H3. The van der Waals surface area contributed by atoms with Crippen molar-refractivity contribution in [1.29, 1.82) is 0 Å². The molecule has 20 heavy (non-hydrogen) atoms. The number of benzene rings is 1. The summed E-state index contributed by atoms with van der Waals surface area (Å²) >= 11 is 5.99. The van der Waals surface area contributed by atoms with Crippen LogP contribution in [0.3, 0.4) is 0 Å². The number of aryl methyl sites for hydroxylation is 1. The SMILES string of the molecule is COc1ccc(CN(C)c2cc(C)ncc2CCl)cc1. The first kappa shape index (κ1) is 14.7. The number of halogens is 1. The lowest BCUT2D eigenvalue weighted by Crippen LogP contribution is -2.18. The maximum atomic E-state index is 5.99. The zero-order chi connectivity index (χ0) is 14.5. The first-order chi connectivity index (χ1) is 9.63. The van der Waals surface area contributed by atoms with Crippen molar-refractivity contribution in [2.24, 2.45) is 0 Å². The minimum atomic E-state index is 0.468. The maximum absolute atomic E-state index is 5.99. The minimum Gasteiger partial charge on any atom is -0.497 e. The highest BCUT2D eigenvalue weighted by molar-refractivity contribution is 6.17. The normalized spacial score (nSPS) is 10.4. The van der Waals surface area contributed by atoms with Gasteiger partial charge in [0.1, 0.15) is 5.75 Å². The summed E-state index contributed by atoms with van der Waals surface area (Å²) in [5.74, 6) is 1.34. The first-order valence-corrected chi connectivity index (χ1v) is 7.03. The summed E-state index contributed by atoms with van der Waals surface area (Å²) in [6, 6.07) is 10.2. The molecule has 0 saturated heterocycles. The van der Waals surface area contributed by atoms with Gasteiger partial charge in [-0.2, -0.15) is 0 Å². The summed E-state index contributed by atoms with van der Waals surface area (Å²) in [5.41, 5.74) is 4.40. The van der Waals surface area contributed by atoms with Crippen molar-refractivity contribution in [3.63, 3.8) is 0 Å². The average Bonchev–Trinajstić information content (AvgIpc) is 2.48. The molecular weight excluding hydrogens is 272 g/mol. The number of nitrogens with zero attached hydrogens (tertiary/aromatic N) is 2. The number of alkyl halides is 1. The number of pyridine rings is 1. The number of hydrogen-bond donors (Lipinski definition) is 0. The Morgan fingerprint density at radius 1 is 1.25 bits per heavy atom. The van der Waals surface area contributed by atoms with Gasteiger partial charge in [-0.15, -0.1) is 11.6 Å². The molecule has 0 aliphatic rings. The van der Waals surface area contributed by atoms with E-state index in [1.807, 2.05) is 25.3 Å². The summed E-state index contributed by atoms with van der Waals surface area (Å²) in [6.45, 7) is 2.81. The molecule has 0 N–H and O–H groups in total. The van der Waals surface area contributed by atoms with Crippen molar-refractivity contribution in [2.75, 3.05) is 19.1 Å². The van der Waals surface area contributed by atoms with Gasteiger partial charge in [0.05, 0.1) is 13.0 Å². The van der Waals surface area contributed by atoms with Gasteiger partial charge in [0.15, 0.2) is 0 Å². The third-order valence-corrected chi connectivity index (χ3v) is 3.52. The van der Waals surface area contributed by atoms with Gasteiger partial charge in [-0.3, -0.25) is 4.98 Å². The van der Waals surface area contributed by atoms with Crippen molar-refractivity contribution < 1.29 is 4.74 Å². The lowest BCUT2D eigenvalue weighted by molar-refractivity contribution is 0.414. The van der Waals surface area contributed by atoms with E-state index in [-0.39, 0.29) is 0 Å². The van der Waals surface area contributed by atoms with Gasteiger partial charge in [-0.1, -0.05) is 12.1 Å². The van der Waals surface area contributed by atoms with Crippen LogP contribution < -0.4 is 9.64 Å². The Bertz CT molecular complexity index is 569. The van der Waals surface area contributed by atoms with Crippen LogP contribution >= 0.6 is 11.6 Å². The highest BCUT2D eigenvalue weighted by Gasteiger charge is 2.08. The Morgan fingerprint density at radius 2 is 1.95 bits per heavy atom. The summed E-state index contributed by atoms with van der Waals surface area (Å²) in [5, 5.41) is 0. The molecule has 0 unspecified atom stereocenters. The largest absolute Gasteiger partial charge is 0.497 e.